The van der Waals surface area contributed by atoms with Gasteiger partial charge in [-0.1, -0.05) is 19.1 Å². The molecule has 0 aromatic heterocycles. The maximum absolute atomic E-state index is 12.5. The molecule has 2 rings (SSSR count). The maximum Gasteiger partial charge on any atom is 0.261 e. The van der Waals surface area contributed by atoms with E-state index >= 15 is 0 Å². The van der Waals surface area contributed by atoms with Crippen LogP contribution in [0.15, 0.2) is 28.3 Å². The topological polar surface area (TPSA) is 66.8 Å². The fraction of sp³-hybridized carbons (Fsp3) is 0.467. The molecule has 2 amide bonds. The number of allylic oxidation sites excluding steroid dienone is 1. The van der Waals surface area contributed by atoms with Gasteiger partial charge in [0.2, 0.25) is 5.97 Å². The Morgan fingerprint density at radius 3 is 2.90 bits per heavy atom. The van der Waals surface area contributed by atoms with Crippen LogP contribution in [0.2, 0.25) is 0 Å². The highest BCUT2D eigenvalue weighted by Gasteiger charge is 2.37. The van der Waals surface area contributed by atoms with Gasteiger partial charge in [-0.2, -0.15) is 4.39 Å². The number of imide groups is 1. The number of rotatable bonds is 6. The van der Waals surface area contributed by atoms with Crippen LogP contribution in [-0.4, -0.2) is 42.1 Å². The third kappa shape index (κ3) is 3.32. The van der Waals surface area contributed by atoms with Crippen LogP contribution < -0.4 is 0 Å². The Morgan fingerprint density at radius 1 is 1.43 bits per heavy atom. The Hall–Kier alpha value is -2.11. The molecule has 21 heavy (non-hydrogen) atoms. The Kier molecular flexibility index (Phi) is 4.77. The molecule has 0 fully saturated rings. The summed E-state index contributed by atoms with van der Waals surface area (Å²) in [6.07, 6.45) is 5.36. The molecule has 2 aliphatic rings. The second kappa shape index (κ2) is 6.56. The first kappa shape index (κ1) is 15.3. The molecule has 0 radical (unpaired) electrons. The lowest BCUT2D eigenvalue weighted by molar-refractivity contribution is -0.137. The largest absolute Gasteiger partial charge is 0.293 e. The zero-order valence-corrected chi connectivity index (χ0v) is 11.8. The van der Waals surface area contributed by atoms with Crippen molar-refractivity contribution in [2.75, 3.05) is 13.1 Å². The van der Waals surface area contributed by atoms with Crippen molar-refractivity contribution in [2.45, 2.75) is 26.2 Å². The first-order valence-electron chi connectivity index (χ1n) is 6.97. The van der Waals surface area contributed by atoms with Gasteiger partial charge in [0.25, 0.3) is 11.8 Å². The summed E-state index contributed by atoms with van der Waals surface area (Å²) in [5, 5.41) is 0. The zero-order chi connectivity index (χ0) is 15.4. The maximum atomic E-state index is 12.5. The van der Waals surface area contributed by atoms with E-state index in [0.717, 1.165) is 0 Å². The van der Waals surface area contributed by atoms with Crippen LogP contribution in [0.1, 0.15) is 26.2 Å². The number of aldehydes is 1. The van der Waals surface area contributed by atoms with Gasteiger partial charge in [0.15, 0.2) is 6.29 Å². The van der Waals surface area contributed by atoms with Crippen molar-refractivity contribution in [1.82, 2.24) is 4.90 Å². The summed E-state index contributed by atoms with van der Waals surface area (Å²) in [5.74, 6) is -1.23. The first-order chi connectivity index (χ1) is 10.0. The predicted molar refractivity (Wildman–Crippen MR) is 75.4 cm³/mol. The van der Waals surface area contributed by atoms with Gasteiger partial charge >= 0.3 is 0 Å². The Morgan fingerprint density at radius 2 is 2.19 bits per heavy atom. The predicted octanol–water partition coefficient (Wildman–Crippen LogP) is 1.59. The SMILES string of the molecule is CC1C=CC2=C(C1)C(=O)N(CCCCN=C(F)C=O)C2=O. The van der Waals surface area contributed by atoms with E-state index in [2.05, 4.69) is 4.99 Å². The lowest BCUT2D eigenvalue weighted by Crippen LogP contribution is -2.32. The molecule has 1 aliphatic carbocycles. The molecule has 0 aromatic rings. The van der Waals surface area contributed by atoms with E-state index in [-0.39, 0.29) is 30.6 Å². The summed E-state index contributed by atoms with van der Waals surface area (Å²) in [7, 11) is 0. The van der Waals surface area contributed by atoms with Crippen molar-refractivity contribution < 1.29 is 18.8 Å². The quantitative estimate of drug-likeness (QED) is 0.323. The standard InChI is InChI=1S/C15H17FN2O3/c1-10-4-5-11-12(8-10)15(21)18(14(11)20)7-3-2-6-17-13(16)9-19/h4-5,9-10H,2-3,6-8H2,1H3. The Labute approximate surface area is 122 Å². The molecule has 1 heterocycles. The molecule has 5 nitrogen and oxygen atoms in total. The summed E-state index contributed by atoms with van der Waals surface area (Å²) in [6.45, 7) is 2.47. The minimum Gasteiger partial charge on any atom is -0.293 e. The number of carbonyl (C=O) groups is 3. The van der Waals surface area contributed by atoms with Gasteiger partial charge in [-0.25, -0.2) is 0 Å². The number of amides is 2. The lowest BCUT2D eigenvalue weighted by atomic mass is 9.92. The van der Waals surface area contributed by atoms with Gasteiger partial charge in [0.1, 0.15) is 0 Å². The van der Waals surface area contributed by atoms with Crippen LogP contribution in [0.25, 0.3) is 0 Å². The number of aliphatic imine (C=N–C) groups is 1. The fourth-order valence-electron chi connectivity index (χ4n) is 2.47. The van der Waals surface area contributed by atoms with Gasteiger partial charge in [0.05, 0.1) is 0 Å². The van der Waals surface area contributed by atoms with Gasteiger partial charge in [-0.3, -0.25) is 24.3 Å². The summed E-state index contributed by atoms with van der Waals surface area (Å²) >= 11 is 0. The Balaban J connectivity index is 1.87. The van der Waals surface area contributed by atoms with Crippen LogP contribution in [0, 0.1) is 5.92 Å². The van der Waals surface area contributed by atoms with Crippen molar-refractivity contribution >= 4 is 24.1 Å². The van der Waals surface area contributed by atoms with Crippen molar-refractivity contribution in [3.63, 3.8) is 0 Å². The highest BCUT2D eigenvalue weighted by atomic mass is 19.1. The number of unbranched alkanes of at least 4 members (excludes halogenated alkanes) is 1. The van der Waals surface area contributed by atoms with Crippen LogP contribution >= 0.6 is 0 Å². The molecular formula is C15H17FN2O3. The van der Waals surface area contributed by atoms with E-state index < -0.39 is 5.97 Å². The van der Waals surface area contributed by atoms with Crippen molar-refractivity contribution in [1.29, 1.82) is 0 Å². The van der Waals surface area contributed by atoms with Crippen LogP contribution in [-0.2, 0) is 14.4 Å². The van der Waals surface area contributed by atoms with Gasteiger partial charge < -0.3 is 0 Å². The number of carbonyl (C=O) groups excluding carboxylic acids is 3. The zero-order valence-electron chi connectivity index (χ0n) is 11.8. The molecule has 0 bridgehead atoms. The molecule has 0 saturated carbocycles. The second-order valence-corrected chi connectivity index (χ2v) is 5.22. The number of nitrogens with zero attached hydrogens (tertiary/aromatic N) is 2. The number of hydrogen-bond acceptors (Lipinski definition) is 4. The van der Waals surface area contributed by atoms with Crippen molar-refractivity contribution in [3.8, 4) is 0 Å². The third-order valence-corrected chi connectivity index (χ3v) is 3.57. The number of hydrogen-bond donors (Lipinski definition) is 0. The molecule has 1 unspecified atom stereocenters. The van der Waals surface area contributed by atoms with Crippen molar-refractivity contribution in [3.05, 3.63) is 23.3 Å². The monoisotopic (exact) mass is 292 g/mol. The molecule has 0 N–H and O–H groups in total. The van der Waals surface area contributed by atoms with Gasteiger partial charge in [-0.05, 0) is 25.2 Å². The van der Waals surface area contributed by atoms with Crippen LogP contribution in [0.4, 0.5) is 4.39 Å². The van der Waals surface area contributed by atoms with E-state index in [1.165, 1.54) is 4.90 Å². The molecule has 0 aromatic carbocycles. The smallest absolute Gasteiger partial charge is 0.261 e. The normalized spacial score (nSPS) is 22.1. The highest BCUT2D eigenvalue weighted by Crippen LogP contribution is 2.31. The molecule has 1 atom stereocenters. The van der Waals surface area contributed by atoms with E-state index in [1.807, 2.05) is 13.0 Å². The van der Waals surface area contributed by atoms with Gasteiger partial charge in [-0.15, -0.1) is 0 Å². The second-order valence-electron chi connectivity index (χ2n) is 5.22. The lowest BCUT2D eigenvalue weighted by Gasteiger charge is -2.14. The third-order valence-electron chi connectivity index (χ3n) is 3.57. The van der Waals surface area contributed by atoms with E-state index in [4.69, 9.17) is 0 Å². The summed E-state index contributed by atoms with van der Waals surface area (Å²) in [5.41, 5.74) is 1.10. The molecule has 0 saturated heterocycles. The molecular weight excluding hydrogens is 275 g/mol. The van der Waals surface area contributed by atoms with E-state index in [1.54, 1.807) is 6.08 Å². The first-order valence-corrected chi connectivity index (χ1v) is 6.97. The molecule has 6 heteroatoms. The van der Waals surface area contributed by atoms with Crippen molar-refractivity contribution in [2.24, 2.45) is 10.9 Å². The highest BCUT2D eigenvalue weighted by molar-refractivity contribution is 6.23. The summed E-state index contributed by atoms with van der Waals surface area (Å²) in [6, 6.07) is 0. The minimum absolute atomic E-state index is 0.0546. The molecule has 0 spiro atoms. The average molecular weight is 292 g/mol. The summed E-state index contributed by atoms with van der Waals surface area (Å²) in [4.78, 5) is 39.0. The van der Waals surface area contributed by atoms with E-state index in [0.29, 0.717) is 37.0 Å². The average Bonchev–Trinajstić information content (AvgIpc) is 2.70. The Bertz CT molecular complexity index is 563. The van der Waals surface area contributed by atoms with Crippen LogP contribution in [0.3, 0.4) is 0 Å². The van der Waals surface area contributed by atoms with E-state index in [9.17, 15) is 18.8 Å². The molecule has 112 valence electrons. The minimum atomic E-state index is -1.03. The number of halogens is 1. The summed E-state index contributed by atoms with van der Waals surface area (Å²) < 4.78 is 12.5. The van der Waals surface area contributed by atoms with Gasteiger partial charge in [0, 0.05) is 24.2 Å². The fourth-order valence-corrected chi connectivity index (χ4v) is 2.47. The molecule has 1 aliphatic heterocycles. The van der Waals surface area contributed by atoms with Crippen LogP contribution in [0.5, 0.6) is 0 Å².